The second-order valence-corrected chi connectivity index (χ2v) is 5.01. The van der Waals surface area contributed by atoms with Crippen LogP contribution in [0, 0.1) is 12.8 Å². The van der Waals surface area contributed by atoms with Gasteiger partial charge in [0.1, 0.15) is 0 Å². The number of hydrogen-bond donors (Lipinski definition) is 1. The van der Waals surface area contributed by atoms with E-state index in [9.17, 15) is 4.79 Å². The number of hydrogen-bond acceptors (Lipinski definition) is 3. The molecule has 0 aliphatic heterocycles. The first kappa shape index (κ1) is 14.9. The lowest BCUT2D eigenvalue weighted by molar-refractivity contribution is 0.325. The molecule has 1 heterocycles. The van der Waals surface area contributed by atoms with Gasteiger partial charge in [0.15, 0.2) is 0 Å². The van der Waals surface area contributed by atoms with Crippen LogP contribution in [0.2, 0.25) is 0 Å². The van der Waals surface area contributed by atoms with Crippen LogP contribution in [-0.4, -0.2) is 22.1 Å². The molecule has 1 aromatic rings. The van der Waals surface area contributed by atoms with Gasteiger partial charge in [-0.1, -0.05) is 27.2 Å². The van der Waals surface area contributed by atoms with E-state index in [4.69, 9.17) is 0 Å². The number of aromatic nitrogens is 2. The summed E-state index contributed by atoms with van der Waals surface area (Å²) in [6, 6.07) is 0.330. The van der Waals surface area contributed by atoms with E-state index in [-0.39, 0.29) is 5.69 Å². The third-order valence-electron chi connectivity index (χ3n) is 3.36. The van der Waals surface area contributed by atoms with Crippen molar-refractivity contribution >= 4 is 0 Å². The van der Waals surface area contributed by atoms with Crippen molar-refractivity contribution in [2.45, 2.75) is 53.1 Å². The molecule has 4 nitrogen and oxygen atoms in total. The molecule has 0 amide bonds. The van der Waals surface area contributed by atoms with Crippen LogP contribution in [-0.2, 0) is 6.54 Å². The van der Waals surface area contributed by atoms with Crippen LogP contribution in [0.4, 0.5) is 0 Å². The van der Waals surface area contributed by atoms with Gasteiger partial charge >= 0.3 is 5.69 Å². The monoisotopic (exact) mass is 251 g/mol. The maximum Gasteiger partial charge on any atom is 0.347 e. The third-order valence-corrected chi connectivity index (χ3v) is 3.36. The van der Waals surface area contributed by atoms with Crippen LogP contribution in [0.15, 0.2) is 17.2 Å². The molecular formula is C14H25N3O. The second kappa shape index (κ2) is 7.31. The minimum absolute atomic E-state index is 0.160. The Bertz CT molecular complexity index is 414. The Morgan fingerprint density at radius 1 is 1.44 bits per heavy atom. The van der Waals surface area contributed by atoms with Crippen LogP contribution in [0.1, 0.15) is 39.2 Å². The summed E-state index contributed by atoms with van der Waals surface area (Å²) in [4.78, 5) is 15.6. The average molecular weight is 251 g/mol. The Labute approximate surface area is 109 Å². The van der Waals surface area contributed by atoms with Gasteiger partial charge < -0.3 is 5.32 Å². The molecule has 0 fully saturated rings. The highest BCUT2D eigenvalue weighted by Crippen LogP contribution is 2.09. The zero-order valence-corrected chi connectivity index (χ0v) is 11.9. The van der Waals surface area contributed by atoms with Gasteiger partial charge in [-0.2, -0.15) is 0 Å². The zero-order valence-electron chi connectivity index (χ0n) is 11.9. The Balaban J connectivity index is 2.81. The van der Waals surface area contributed by atoms with E-state index in [1.54, 1.807) is 10.8 Å². The van der Waals surface area contributed by atoms with Gasteiger partial charge in [-0.05, 0) is 31.4 Å². The van der Waals surface area contributed by atoms with E-state index in [0.717, 1.165) is 24.9 Å². The van der Waals surface area contributed by atoms with Crippen molar-refractivity contribution in [1.29, 1.82) is 0 Å². The molecule has 1 N–H and O–H groups in total. The summed E-state index contributed by atoms with van der Waals surface area (Å²) in [5.74, 6) is 0.545. The largest absolute Gasteiger partial charge is 0.347 e. The molecule has 18 heavy (non-hydrogen) atoms. The van der Waals surface area contributed by atoms with Gasteiger partial charge in [-0.3, -0.25) is 4.57 Å². The van der Waals surface area contributed by atoms with Crippen LogP contribution in [0.3, 0.4) is 0 Å². The van der Waals surface area contributed by atoms with Gasteiger partial charge in [-0.15, -0.1) is 0 Å². The van der Waals surface area contributed by atoms with Crippen molar-refractivity contribution in [1.82, 2.24) is 14.9 Å². The molecule has 0 radical (unpaired) electrons. The summed E-state index contributed by atoms with van der Waals surface area (Å²) < 4.78 is 1.72. The van der Waals surface area contributed by atoms with E-state index in [0.29, 0.717) is 18.5 Å². The van der Waals surface area contributed by atoms with Crippen molar-refractivity contribution in [2.75, 3.05) is 6.54 Å². The molecule has 102 valence electrons. The Kier molecular flexibility index (Phi) is 6.05. The second-order valence-electron chi connectivity index (χ2n) is 5.01. The van der Waals surface area contributed by atoms with Crippen molar-refractivity contribution in [3.63, 3.8) is 0 Å². The van der Waals surface area contributed by atoms with Gasteiger partial charge in [0, 0.05) is 25.0 Å². The maximum absolute atomic E-state index is 11.7. The summed E-state index contributed by atoms with van der Waals surface area (Å²) in [6.45, 7) is 10.2. The fraction of sp³-hybridized carbons (Fsp3) is 0.714. The van der Waals surface area contributed by atoms with Gasteiger partial charge in [-0.25, -0.2) is 9.78 Å². The fourth-order valence-corrected chi connectivity index (χ4v) is 1.97. The Morgan fingerprint density at radius 3 is 2.78 bits per heavy atom. The van der Waals surface area contributed by atoms with Crippen LogP contribution < -0.4 is 11.0 Å². The molecule has 0 saturated heterocycles. The molecule has 2 atom stereocenters. The predicted octanol–water partition coefficient (Wildman–Crippen LogP) is 1.97. The van der Waals surface area contributed by atoms with Crippen molar-refractivity contribution in [3.8, 4) is 0 Å². The van der Waals surface area contributed by atoms with Crippen LogP contribution in [0.5, 0.6) is 0 Å². The minimum Gasteiger partial charge on any atom is -0.312 e. The minimum atomic E-state index is -0.160. The molecule has 4 heteroatoms. The van der Waals surface area contributed by atoms with Gasteiger partial charge in [0.2, 0.25) is 0 Å². The molecule has 0 aliphatic carbocycles. The maximum atomic E-state index is 11.7. The molecule has 0 aromatic carbocycles. The third kappa shape index (κ3) is 4.26. The highest BCUT2D eigenvalue weighted by molar-refractivity contribution is 5.00. The molecule has 1 aromatic heterocycles. The van der Waals surface area contributed by atoms with E-state index in [1.165, 1.54) is 0 Å². The van der Waals surface area contributed by atoms with E-state index < -0.39 is 0 Å². The summed E-state index contributed by atoms with van der Waals surface area (Å²) in [7, 11) is 0. The molecular weight excluding hydrogens is 226 g/mol. The molecule has 0 aliphatic rings. The van der Waals surface area contributed by atoms with Gasteiger partial charge in [0.05, 0.1) is 0 Å². The quantitative estimate of drug-likeness (QED) is 0.806. The summed E-state index contributed by atoms with van der Waals surface area (Å²) in [5, 5.41) is 3.53. The Morgan fingerprint density at radius 2 is 2.17 bits per heavy atom. The molecule has 0 spiro atoms. The first-order valence-electron chi connectivity index (χ1n) is 6.84. The van der Waals surface area contributed by atoms with E-state index >= 15 is 0 Å². The smallest absolute Gasteiger partial charge is 0.312 e. The van der Waals surface area contributed by atoms with Crippen molar-refractivity contribution < 1.29 is 0 Å². The molecule has 0 bridgehead atoms. The number of nitrogens with zero attached hydrogens (tertiary/aromatic N) is 2. The van der Waals surface area contributed by atoms with Crippen LogP contribution >= 0.6 is 0 Å². The lowest BCUT2D eigenvalue weighted by atomic mass is 9.99. The lowest BCUT2D eigenvalue weighted by Crippen LogP contribution is -2.41. The topological polar surface area (TPSA) is 46.9 Å². The summed E-state index contributed by atoms with van der Waals surface area (Å²) in [5.41, 5.74) is 0.861. The molecule has 1 rings (SSSR count). The molecule has 2 unspecified atom stereocenters. The standard InChI is InChI=1S/C14H25N3O/c1-5-7-15-13(12(4)6-2)10-17-9-11(3)8-16-14(17)18/h8-9,12-13,15H,5-7,10H2,1-4H3. The first-order chi connectivity index (χ1) is 8.58. The Hall–Kier alpha value is -1.16. The predicted molar refractivity (Wildman–Crippen MR) is 74.8 cm³/mol. The molecule has 0 saturated carbocycles. The average Bonchev–Trinajstić information content (AvgIpc) is 2.37. The zero-order chi connectivity index (χ0) is 13.5. The van der Waals surface area contributed by atoms with Crippen LogP contribution in [0.25, 0.3) is 0 Å². The first-order valence-corrected chi connectivity index (χ1v) is 6.84. The van der Waals surface area contributed by atoms with E-state index in [1.807, 2.05) is 13.1 Å². The van der Waals surface area contributed by atoms with Crippen molar-refractivity contribution in [3.05, 3.63) is 28.4 Å². The highest BCUT2D eigenvalue weighted by atomic mass is 16.1. The number of nitrogens with one attached hydrogen (secondary N) is 1. The normalized spacial score (nSPS) is 14.4. The summed E-state index contributed by atoms with van der Waals surface area (Å²) in [6.07, 6.45) is 5.72. The van der Waals surface area contributed by atoms with Gasteiger partial charge in [0.25, 0.3) is 0 Å². The number of aryl methyl sites for hydroxylation is 1. The van der Waals surface area contributed by atoms with Crippen molar-refractivity contribution in [2.24, 2.45) is 5.92 Å². The summed E-state index contributed by atoms with van der Waals surface area (Å²) >= 11 is 0. The fourth-order valence-electron chi connectivity index (χ4n) is 1.97. The highest BCUT2D eigenvalue weighted by Gasteiger charge is 2.16. The SMILES string of the molecule is CCCNC(Cn1cc(C)cnc1=O)C(C)CC. The number of rotatable bonds is 7. The van der Waals surface area contributed by atoms with E-state index in [2.05, 4.69) is 31.1 Å². The lowest BCUT2D eigenvalue weighted by Gasteiger charge is -2.25.